The molecule has 148 valence electrons. The van der Waals surface area contributed by atoms with Gasteiger partial charge in [-0.05, 0) is 67.3 Å². The molecule has 6 heteroatoms. The lowest BCUT2D eigenvalue weighted by Crippen LogP contribution is -2.30. The number of piperidine rings is 1. The zero-order valence-electron chi connectivity index (χ0n) is 16.3. The molecular formula is C23H24N4OS. The first kappa shape index (κ1) is 19.5. The third kappa shape index (κ3) is 5.35. The summed E-state index contributed by atoms with van der Waals surface area (Å²) in [4.78, 5) is 24.7. The Balaban J connectivity index is 1.30. The van der Waals surface area contributed by atoms with Crippen LogP contribution in [0.2, 0.25) is 0 Å². The van der Waals surface area contributed by atoms with Crippen LogP contribution in [0.4, 0.5) is 5.82 Å². The number of rotatable bonds is 6. The van der Waals surface area contributed by atoms with E-state index in [2.05, 4.69) is 26.3 Å². The van der Waals surface area contributed by atoms with E-state index in [1.165, 1.54) is 19.3 Å². The standard InChI is InChI=1S/C23H24N4OS/c28-23(19-8-10-20(11-9-19)29-22-6-2-3-13-24-22)26-17-18-7-12-21(25-16-18)27-14-4-1-5-15-27/h2-3,6-13,16H,1,4-5,14-15,17H2,(H,26,28). The van der Waals surface area contributed by atoms with E-state index in [0.29, 0.717) is 12.1 Å². The highest BCUT2D eigenvalue weighted by atomic mass is 32.2. The summed E-state index contributed by atoms with van der Waals surface area (Å²) in [6, 6.07) is 17.5. The number of hydrogen-bond acceptors (Lipinski definition) is 5. The van der Waals surface area contributed by atoms with Crippen LogP contribution in [0, 0.1) is 0 Å². The minimum atomic E-state index is -0.0838. The monoisotopic (exact) mass is 404 g/mol. The minimum absolute atomic E-state index is 0.0838. The van der Waals surface area contributed by atoms with Gasteiger partial charge in [-0.2, -0.15) is 0 Å². The SMILES string of the molecule is O=C(NCc1ccc(N2CCCCC2)nc1)c1ccc(Sc2ccccn2)cc1. The molecule has 0 aliphatic carbocycles. The van der Waals surface area contributed by atoms with Crippen molar-refractivity contribution in [1.82, 2.24) is 15.3 Å². The number of nitrogens with zero attached hydrogens (tertiary/aromatic N) is 3. The van der Waals surface area contributed by atoms with Crippen molar-refractivity contribution in [2.45, 2.75) is 35.7 Å². The average Bonchev–Trinajstić information content (AvgIpc) is 2.80. The highest BCUT2D eigenvalue weighted by Crippen LogP contribution is 2.25. The predicted octanol–water partition coefficient (Wildman–Crippen LogP) is 4.55. The van der Waals surface area contributed by atoms with E-state index in [1.807, 2.05) is 54.7 Å². The molecule has 4 rings (SSSR count). The lowest BCUT2D eigenvalue weighted by molar-refractivity contribution is 0.0951. The highest BCUT2D eigenvalue weighted by molar-refractivity contribution is 7.99. The first-order chi connectivity index (χ1) is 14.3. The van der Waals surface area contributed by atoms with Crippen LogP contribution in [0.1, 0.15) is 35.2 Å². The number of carbonyl (C=O) groups excluding carboxylic acids is 1. The Morgan fingerprint density at radius 1 is 0.966 bits per heavy atom. The van der Waals surface area contributed by atoms with Gasteiger partial charge in [-0.25, -0.2) is 9.97 Å². The predicted molar refractivity (Wildman–Crippen MR) is 116 cm³/mol. The topological polar surface area (TPSA) is 58.1 Å². The lowest BCUT2D eigenvalue weighted by Gasteiger charge is -2.27. The van der Waals surface area contributed by atoms with Crippen LogP contribution in [-0.4, -0.2) is 29.0 Å². The van der Waals surface area contributed by atoms with E-state index < -0.39 is 0 Å². The highest BCUT2D eigenvalue weighted by Gasteiger charge is 2.12. The third-order valence-electron chi connectivity index (χ3n) is 4.92. The van der Waals surface area contributed by atoms with Gasteiger partial charge in [0.1, 0.15) is 10.8 Å². The van der Waals surface area contributed by atoms with Gasteiger partial charge in [0.15, 0.2) is 0 Å². The first-order valence-corrected chi connectivity index (χ1v) is 10.8. The first-order valence-electron chi connectivity index (χ1n) is 9.95. The second kappa shape index (κ2) is 9.56. The molecule has 1 N–H and O–H groups in total. The van der Waals surface area contributed by atoms with E-state index >= 15 is 0 Å². The fourth-order valence-electron chi connectivity index (χ4n) is 3.32. The zero-order valence-corrected chi connectivity index (χ0v) is 17.1. The molecule has 1 fully saturated rings. The molecule has 3 aromatic rings. The van der Waals surface area contributed by atoms with Gasteiger partial charge < -0.3 is 10.2 Å². The number of pyridine rings is 2. The van der Waals surface area contributed by atoms with Gasteiger partial charge in [0.05, 0.1) is 0 Å². The normalized spacial score (nSPS) is 13.9. The molecule has 0 unspecified atom stereocenters. The van der Waals surface area contributed by atoms with Gasteiger partial charge >= 0.3 is 0 Å². The Morgan fingerprint density at radius 2 is 1.79 bits per heavy atom. The van der Waals surface area contributed by atoms with Gasteiger partial charge in [0.25, 0.3) is 5.91 Å². The Hall–Kier alpha value is -2.86. The number of amides is 1. The van der Waals surface area contributed by atoms with Crippen molar-refractivity contribution >= 4 is 23.5 Å². The van der Waals surface area contributed by atoms with Crippen molar-refractivity contribution in [2.75, 3.05) is 18.0 Å². The molecule has 29 heavy (non-hydrogen) atoms. The van der Waals surface area contributed by atoms with E-state index in [4.69, 9.17) is 0 Å². The number of aromatic nitrogens is 2. The largest absolute Gasteiger partial charge is 0.357 e. The zero-order chi connectivity index (χ0) is 19.9. The maximum absolute atomic E-state index is 12.4. The fourth-order valence-corrected chi connectivity index (χ4v) is 4.09. The Bertz CT molecular complexity index is 923. The van der Waals surface area contributed by atoms with Gasteiger partial charge in [0, 0.05) is 42.5 Å². The molecule has 1 aliphatic heterocycles. The molecular weight excluding hydrogens is 380 g/mol. The molecule has 3 heterocycles. The summed E-state index contributed by atoms with van der Waals surface area (Å²) in [7, 11) is 0. The van der Waals surface area contributed by atoms with Crippen LogP contribution in [0.25, 0.3) is 0 Å². The van der Waals surface area contributed by atoms with Crippen molar-refractivity contribution in [2.24, 2.45) is 0 Å². The van der Waals surface area contributed by atoms with Gasteiger partial charge in [-0.1, -0.05) is 23.9 Å². The minimum Gasteiger partial charge on any atom is -0.357 e. The van der Waals surface area contributed by atoms with Crippen LogP contribution in [0.15, 0.2) is 76.9 Å². The van der Waals surface area contributed by atoms with Crippen molar-refractivity contribution < 1.29 is 4.79 Å². The van der Waals surface area contributed by atoms with Gasteiger partial charge in [-0.15, -0.1) is 0 Å². The second-order valence-corrected chi connectivity index (χ2v) is 8.14. The maximum Gasteiger partial charge on any atom is 0.251 e. The number of carbonyl (C=O) groups is 1. The smallest absolute Gasteiger partial charge is 0.251 e. The summed E-state index contributed by atoms with van der Waals surface area (Å²) in [6.45, 7) is 2.63. The number of hydrogen-bond donors (Lipinski definition) is 1. The summed E-state index contributed by atoms with van der Waals surface area (Å²) in [5, 5.41) is 3.91. The molecule has 0 saturated carbocycles. The Morgan fingerprint density at radius 3 is 2.48 bits per heavy atom. The average molecular weight is 405 g/mol. The van der Waals surface area contributed by atoms with E-state index in [1.54, 1.807) is 18.0 Å². The summed E-state index contributed by atoms with van der Waals surface area (Å²) in [5.41, 5.74) is 1.65. The summed E-state index contributed by atoms with van der Waals surface area (Å²) >= 11 is 1.58. The van der Waals surface area contributed by atoms with Crippen LogP contribution >= 0.6 is 11.8 Å². The number of anilines is 1. The molecule has 5 nitrogen and oxygen atoms in total. The summed E-state index contributed by atoms with van der Waals surface area (Å²) in [5.74, 6) is 0.945. The molecule has 0 atom stereocenters. The summed E-state index contributed by atoms with van der Waals surface area (Å²) in [6.07, 6.45) is 7.41. The molecule has 2 aromatic heterocycles. The van der Waals surface area contributed by atoms with E-state index in [9.17, 15) is 4.79 Å². The Kier molecular flexibility index (Phi) is 6.42. The molecule has 0 spiro atoms. The molecule has 1 saturated heterocycles. The number of nitrogens with one attached hydrogen (secondary N) is 1. The van der Waals surface area contributed by atoms with Crippen molar-refractivity contribution in [3.8, 4) is 0 Å². The molecule has 1 aromatic carbocycles. The Labute approximate surface area is 175 Å². The van der Waals surface area contributed by atoms with Gasteiger partial charge in [-0.3, -0.25) is 4.79 Å². The van der Waals surface area contributed by atoms with Crippen LogP contribution < -0.4 is 10.2 Å². The van der Waals surface area contributed by atoms with Gasteiger partial charge in [0.2, 0.25) is 0 Å². The van der Waals surface area contributed by atoms with Crippen molar-refractivity contribution in [3.05, 3.63) is 78.1 Å². The third-order valence-corrected chi connectivity index (χ3v) is 5.88. The molecule has 0 bridgehead atoms. The lowest BCUT2D eigenvalue weighted by atomic mass is 10.1. The summed E-state index contributed by atoms with van der Waals surface area (Å²) < 4.78 is 0. The fraction of sp³-hybridized carbons (Fsp3) is 0.261. The van der Waals surface area contributed by atoms with Crippen molar-refractivity contribution in [1.29, 1.82) is 0 Å². The maximum atomic E-state index is 12.4. The molecule has 0 radical (unpaired) electrons. The van der Waals surface area contributed by atoms with Crippen LogP contribution in [-0.2, 0) is 6.54 Å². The number of benzene rings is 1. The molecule has 1 amide bonds. The molecule has 1 aliphatic rings. The van der Waals surface area contributed by atoms with E-state index in [0.717, 1.165) is 34.4 Å². The van der Waals surface area contributed by atoms with E-state index in [-0.39, 0.29) is 5.91 Å². The van der Waals surface area contributed by atoms with Crippen LogP contribution in [0.3, 0.4) is 0 Å². The van der Waals surface area contributed by atoms with Crippen LogP contribution in [0.5, 0.6) is 0 Å². The van der Waals surface area contributed by atoms with Crippen molar-refractivity contribution in [3.63, 3.8) is 0 Å². The quantitative estimate of drug-likeness (QED) is 0.653. The second-order valence-electron chi connectivity index (χ2n) is 7.05.